The summed E-state index contributed by atoms with van der Waals surface area (Å²) in [7, 11) is 1.59. The Hall–Kier alpha value is -2.86. The summed E-state index contributed by atoms with van der Waals surface area (Å²) in [5.41, 5.74) is 1.28. The second-order valence-electron chi connectivity index (χ2n) is 5.59. The van der Waals surface area contributed by atoms with Gasteiger partial charge in [-0.25, -0.2) is 0 Å². The summed E-state index contributed by atoms with van der Waals surface area (Å²) in [6.07, 6.45) is 0.840. The normalized spacial score (nSPS) is 10.2. The number of anilines is 1. The third kappa shape index (κ3) is 5.32. The fourth-order valence-electron chi connectivity index (χ4n) is 2.33. The Morgan fingerprint density at radius 2 is 1.62 bits per heavy atom. The number of benzene rings is 2. The average molecular weight is 356 g/mol. The summed E-state index contributed by atoms with van der Waals surface area (Å²) in [6, 6.07) is 13.9. The molecule has 2 N–H and O–H groups in total. The Balaban J connectivity index is 2.17. The van der Waals surface area contributed by atoms with Crippen LogP contribution in [0.5, 0.6) is 5.75 Å². The highest BCUT2D eigenvalue weighted by Gasteiger charge is 2.16. The lowest BCUT2D eigenvalue weighted by atomic mass is 10.1. The van der Waals surface area contributed by atoms with Crippen molar-refractivity contribution in [2.45, 2.75) is 13.3 Å². The first-order valence-electron chi connectivity index (χ1n) is 8.56. The minimum Gasteiger partial charge on any atom is -0.490 e. The molecule has 0 saturated carbocycles. The fourth-order valence-corrected chi connectivity index (χ4v) is 2.33. The average Bonchev–Trinajstić information content (AvgIpc) is 2.67. The lowest BCUT2D eigenvalue weighted by Crippen LogP contribution is -2.26. The van der Waals surface area contributed by atoms with Gasteiger partial charge >= 0.3 is 0 Å². The van der Waals surface area contributed by atoms with Crippen molar-refractivity contribution < 1.29 is 19.1 Å². The molecular formula is C20H24N2O4. The lowest BCUT2D eigenvalue weighted by molar-refractivity contribution is 0.0954. The van der Waals surface area contributed by atoms with Crippen molar-refractivity contribution in [2.75, 3.05) is 32.2 Å². The third-order valence-electron chi connectivity index (χ3n) is 3.63. The molecule has 26 heavy (non-hydrogen) atoms. The van der Waals surface area contributed by atoms with Crippen LogP contribution < -0.4 is 15.4 Å². The Morgan fingerprint density at radius 1 is 0.923 bits per heavy atom. The van der Waals surface area contributed by atoms with Crippen molar-refractivity contribution in [3.63, 3.8) is 0 Å². The van der Waals surface area contributed by atoms with Crippen LogP contribution in [0.15, 0.2) is 48.5 Å². The summed E-state index contributed by atoms with van der Waals surface area (Å²) in [4.78, 5) is 25.0. The van der Waals surface area contributed by atoms with E-state index in [1.165, 1.54) is 0 Å². The maximum atomic E-state index is 12.7. The van der Waals surface area contributed by atoms with Crippen LogP contribution in [0.2, 0.25) is 0 Å². The van der Waals surface area contributed by atoms with Gasteiger partial charge in [-0.3, -0.25) is 9.59 Å². The van der Waals surface area contributed by atoms with E-state index < -0.39 is 0 Å². The van der Waals surface area contributed by atoms with Crippen LogP contribution in [0.1, 0.15) is 34.1 Å². The Labute approximate surface area is 153 Å². The first-order valence-corrected chi connectivity index (χ1v) is 8.56. The molecule has 0 bridgehead atoms. The molecule has 0 radical (unpaired) electrons. The number of rotatable bonds is 9. The number of amides is 2. The van der Waals surface area contributed by atoms with Gasteiger partial charge in [-0.1, -0.05) is 31.2 Å². The van der Waals surface area contributed by atoms with Crippen molar-refractivity contribution in [1.82, 2.24) is 5.32 Å². The number of hydrogen-bond acceptors (Lipinski definition) is 4. The maximum absolute atomic E-state index is 12.7. The van der Waals surface area contributed by atoms with E-state index in [1.54, 1.807) is 55.6 Å². The molecule has 0 unspecified atom stereocenters. The fraction of sp³-hybridized carbons (Fsp3) is 0.300. The standard InChI is InChI=1S/C20H24N2O4/c1-3-12-21-19(23)15-8-4-6-10-17(15)22-20(24)16-9-5-7-11-18(16)26-14-13-25-2/h4-11H,3,12-14H2,1-2H3,(H,21,23)(H,22,24). The molecule has 0 fully saturated rings. The third-order valence-corrected chi connectivity index (χ3v) is 3.63. The molecule has 0 saturated heterocycles. The van der Waals surface area contributed by atoms with Crippen LogP contribution in [0, 0.1) is 0 Å². The molecule has 0 spiro atoms. The molecular weight excluding hydrogens is 332 g/mol. The van der Waals surface area contributed by atoms with E-state index in [9.17, 15) is 9.59 Å². The van der Waals surface area contributed by atoms with Crippen LogP contribution in [-0.4, -0.2) is 38.7 Å². The SMILES string of the molecule is CCCNC(=O)c1ccccc1NC(=O)c1ccccc1OCCOC. The van der Waals surface area contributed by atoms with Gasteiger partial charge < -0.3 is 20.1 Å². The van der Waals surface area contributed by atoms with Crippen molar-refractivity contribution in [3.05, 3.63) is 59.7 Å². The summed E-state index contributed by atoms with van der Waals surface area (Å²) in [6.45, 7) is 3.33. The van der Waals surface area contributed by atoms with Gasteiger partial charge in [0, 0.05) is 13.7 Å². The Kier molecular flexibility index (Phi) is 7.64. The van der Waals surface area contributed by atoms with E-state index in [2.05, 4.69) is 10.6 Å². The van der Waals surface area contributed by atoms with E-state index >= 15 is 0 Å². The van der Waals surface area contributed by atoms with Gasteiger partial charge in [0.15, 0.2) is 0 Å². The van der Waals surface area contributed by atoms with Gasteiger partial charge in [0.25, 0.3) is 11.8 Å². The molecule has 2 aromatic rings. The number of carbonyl (C=O) groups is 2. The summed E-state index contributed by atoms with van der Waals surface area (Å²) < 4.78 is 10.6. The van der Waals surface area contributed by atoms with Crippen LogP contribution in [0.4, 0.5) is 5.69 Å². The lowest BCUT2D eigenvalue weighted by Gasteiger charge is -2.13. The van der Waals surface area contributed by atoms with Gasteiger partial charge in [0.2, 0.25) is 0 Å². The van der Waals surface area contributed by atoms with E-state index in [0.717, 1.165) is 6.42 Å². The first kappa shape index (κ1) is 19.5. The minimum absolute atomic E-state index is 0.215. The number of nitrogens with one attached hydrogen (secondary N) is 2. The summed E-state index contributed by atoms with van der Waals surface area (Å²) >= 11 is 0. The van der Waals surface area contributed by atoms with Crippen molar-refractivity contribution >= 4 is 17.5 Å². The zero-order chi connectivity index (χ0) is 18.8. The molecule has 2 amide bonds. The van der Waals surface area contributed by atoms with Crippen molar-refractivity contribution in [3.8, 4) is 5.75 Å². The largest absolute Gasteiger partial charge is 0.490 e. The Morgan fingerprint density at radius 3 is 2.35 bits per heavy atom. The monoisotopic (exact) mass is 356 g/mol. The quantitative estimate of drug-likeness (QED) is 0.677. The summed E-state index contributed by atoms with van der Waals surface area (Å²) in [5, 5.41) is 5.62. The predicted octanol–water partition coefficient (Wildman–Crippen LogP) is 3.10. The van der Waals surface area contributed by atoms with Crippen LogP contribution >= 0.6 is 0 Å². The topological polar surface area (TPSA) is 76.7 Å². The molecule has 0 atom stereocenters. The molecule has 0 aliphatic rings. The van der Waals surface area contributed by atoms with Crippen molar-refractivity contribution in [1.29, 1.82) is 0 Å². The zero-order valence-electron chi connectivity index (χ0n) is 15.1. The highest BCUT2D eigenvalue weighted by molar-refractivity contribution is 6.10. The molecule has 0 aliphatic heterocycles. The molecule has 2 aromatic carbocycles. The Bertz CT molecular complexity index is 746. The van der Waals surface area contributed by atoms with Crippen LogP contribution in [-0.2, 0) is 4.74 Å². The van der Waals surface area contributed by atoms with E-state index in [0.29, 0.717) is 42.3 Å². The second kappa shape index (κ2) is 10.2. The highest BCUT2D eigenvalue weighted by atomic mass is 16.5. The van der Waals surface area contributed by atoms with E-state index in [1.807, 2.05) is 6.92 Å². The highest BCUT2D eigenvalue weighted by Crippen LogP contribution is 2.21. The predicted molar refractivity (Wildman–Crippen MR) is 101 cm³/mol. The molecule has 6 nitrogen and oxygen atoms in total. The first-order chi connectivity index (χ1) is 12.7. The molecule has 2 rings (SSSR count). The van der Waals surface area contributed by atoms with Crippen LogP contribution in [0.3, 0.4) is 0 Å². The van der Waals surface area contributed by atoms with Crippen LogP contribution in [0.25, 0.3) is 0 Å². The molecule has 0 heterocycles. The molecule has 138 valence electrons. The second-order valence-corrected chi connectivity index (χ2v) is 5.59. The van der Waals surface area contributed by atoms with Gasteiger partial charge in [-0.2, -0.15) is 0 Å². The van der Waals surface area contributed by atoms with E-state index in [-0.39, 0.29) is 11.8 Å². The molecule has 0 aromatic heterocycles. The molecule has 0 aliphatic carbocycles. The van der Waals surface area contributed by atoms with Gasteiger partial charge in [0.1, 0.15) is 12.4 Å². The van der Waals surface area contributed by atoms with Gasteiger partial charge in [-0.05, 0) is 30.7 Å². The number of ether oxygens (including phenoxy) is 2. The van der Waals surface area contributed by atoms with Gasteiger partial charge in [-0.15, -0.1) is 0 Å². The number of carbonyl (C=O) groups excluding carboxylic acids is 2. The zero-order valence-corrected chi connectivity index (χ0v) is 15.1. The number of hydrogen-bond donors (Lipinski definition) is 2. The van der Waals surface area contributed by atoms with Gasteiger partial charge in [0.05, 0.1) is 23.4 Å². The number of para-hydroxylation sites is 2. The summed E-state index contributed by atoms with van der Waals surface area (Å²) in [5.74, 6) is -0.0869. The van der Waals surface area contributed by atoms with E-state index in [4.69, 9.17) is 9.47 Å². The number of methoxy groups -OCH3 is 1. The minimum atomic E-state index is -0.339. The smallest absolute Gasteiger partial charge is 0.259 e. The maximum Gasteiger partial charge on any atom is 0.259 e. The molecule has 6 heteroatoms. The van der Waals surface area contributed by atoms with Crippen molar-refractivity contribution in [2.24, 2.45) is 0 Å².